The van der Waals surface area contributed by atoms with Gasteiger partial charge in [-0.2, -0.15) is 0 Å². The van der Waals surface area contributed by atoms with E-state index in [-0.39, 0.29) is 0 Å². The standard InChI is InChI=1S/C12H17ClN4/c13-11-10(14)12(16-7-15-11)17(5-8-1-2-8)6-9-3-4-9/h7-9H,1-6,14H2. The van der Waals surface area contributed by atoms with Crippen molar-refractivity contribution < 1.29 is 0 Å². The lowest BCUT2D eigenvalue weighted by Crippen LogP contribution is -2.29. The molecule has 1 aromatic heterocycles. The highest BCUT2D eigenvalue weighted by atomic mass is 35.5. The summed E-state index contributed by atoms with van der Waals surface area (Å²) in [6, 6.07) is 0. The number of nitrogen functional groups attached to an aromatic ring is 1. The summed E-state index contributed by atoms with van der Waals surface area (Å²) in [5.41, 5.74) is 6.50. The number of halogens is 1. The zero-order valence-corrected chi connectivity index (χ0v) is 10.5. The van der Waals surface area contributed by atoms with Gasteiger partial charge < -0.3 is 10.6 Å². The van der Waals surface area contributed by atoms with E-state index in [9.17, 15) is 0 Å². The second-order valence-corrected chi connectivity index (χ2v) is 5.55. The number of aromatic nitrogens is 2. The summed E-state index contributed by atoms with van der Waals surface area (Å²) in [4.78, 5) is 10.5. The van der Waals surface area contributed by atoms with Crippen molar-refractivity contribution in [2.45, 2.75) is 25.7 Å². The Bertz CT molecular complexity index is 401. The molecule has 0 amide bonds. The Labute approximate surface area is 106 Å². The van der Waals surface area contributed by atoms with E-state index < -0.39 is 0 Å². The maximum atomic E-state index is 5.98. The Balaban J connectivity index is 1.81. The van der Waals surface area contributed by atoms with Crippen LogP contribution in [-0.2, 0) is 0 Å². The second-order valence-electron chi connectivity index (χ2n) is 5.19. The van der Waals surface area contributed by atoms with Crippen molar-refractivity contribution >= 4 is 23.1 Å². The van der Waals surface area contributed by atoms with Crippen molar-refractivity contribution in [2.75, 3.05) is 23.7 Å². The summed E-state index contributed by atoms with van der Waals surface area (Å²) in [7, 11) is 0. The lowest BCUT2D eigenvalue weighted by atomic mass is 10.3. The third-order valence-electron chi connectivity index (χ3n) is 3.46. The van der Waals surface area contributed by atoms with E-state index in [1.54, 1.807) is 0 Å². The van der Waals surface area contributed by atoms with Gasteiger partial charge in [-0.1, -0.05) is 11.6 Å². The van der Waals surface area contributed by atoms with Gasteiger partial charge in [-0.15, -0.1) is 0 Å². The van der Waals surface area contributed by atoms with Crippen molar-refractivity contribution in [2.24, 2.45) is 11.8 Å². The average Bonchev–Trinajstić information content (AvgIpc) is 3.16. The van der Waals surface area contributed by atoms with Crippen LogP contribution in [0.4, 0.5) is 11.5 Å². The summed E-state index contributed by atoms with van der Waals surface area (Å²) in [5.74, 6) is 2.47. The van der Waals surface area contributed by atoms with E-state index in [0.29, 0.717) is 10.8 Å². The van der Waals surface area contributed by atoms with E-state index in [1.807, 2.05) is 0 Å². The summed E-state index contributed by atoms with van der Waals surface area (Å²) in [6.07, 6.45) is 6.83. The smallest absolute Gasteiger partial charge is 0.157 e. The lowest BCUT2D eigenvalue weighted by molar-refractivity contribution is 0.671. The molecule has 0 bridgehead atoms. The van der Waals surface area contributed by atoms with E-state index in [4.69, 9.17) is 17.3 Å². The Kier molecular flexibility index (Phi) is 2.82. The van der Waals surface area contributed by atoms with Gasteiger partial charge in [-0.25, -0.2) is 9.97 Å². The van der Waals surface area contributed by atoms with E-state index in [1.165, 1.54) is 32.0 Å². The minimum absolute atomic E-state index is 0.367. The van der Waals surface area contributed by atoms with Crippen molar-refractivity contribution in [3.63, 3.8) is 0 Å². The number of anilines is 2. The van der Waals surface area contributed by atoms with Crippen LogP contribution in [0.15, 0.2) is 6.33 Å². The van der Waals surface area contributed by atoms with E-state index in [2.05, 4.69) is 14.9 Å². The molecule has 2 N–H and O–H groups in total. The first-order valence-electron chi connectivity index (χ1n) is 6.25. The molecule has 1 aromatic rings. The molecule has 0 saturated heterocycles. The Morgan fingerprint density at radius 3 is 2.29 bits per heavy atom. The molecule has 0 unspecified atom stereocenters. The van der Waals surface area contributed by atoms with Gasteiger partial charge in [-0.05, 0) is 37.5 Å². The minimum Gasteiger partial charge on any atom is -0.393 e. The SMILES string of the molecule is Nc1c(Cl)ncnc1N(CC1CC1)CC1CC1. The van der Waals surface area contributed by atoms with Gasteiger partial charge in [0.05, 0.1) is 0 Å². The molecular weight excluding hydrogens is 236 g/mol. The van der Waals surface area contributed by atoms with Crippen LogP contribution in [0.3, 0.4) is 0 Å². The molecule has 0 aromatic carbocycles. The Hall–Kier alpha value is -1.03. The Morgan fingerprint density at radius 2 is 1.76 bits per heavy atom. The quantitative estimate of drug-likeness (QED) is 0.818. The maximum Gasteiger partial charge on any atom is 0.157 e. The molecule has 0 atom stereocenters. The topological polar surface area (TPSA) is 55.0 Å². The first kappa shape index (κ1) is 11.1. The van der Waals surface area contributed by atoms with Crippen LogP contribution in [0, 0.1) is 11.8 Å². The third kappa shape index (κ3) is 2.63. The number of hydrogen-bond donors (Lipinski definition) is 1. The van der Waals surface area contributed by atoms with Crippen LogP contribution in [0.2, 0.25) is 5.15 Å². The highest BCUT2D eigenvalue weighted by Crippen LogP contribution is 2.37. The zero-order chi connectivity index (χ0) is 11.8. The molecule has 2 fully saturated rings. The first-order valence-corrected chi connectivity index (χ1v) is 6.62. The van der Waals surface area contributed by atoms with E-state index in [0.717, 1.165) is 30.7 Å². The zero-order valence-electron chi connectivity index (χ0n) is 9.77. The van der Waals surface area contributed by atoms with Crippen molar-refractivity contribution in [3.8, 4) is 0 Å². The van der Waals surface area contributed by atoms with Gasteiger partial charge in [0.15, 0.2) is 11.0 Å². The third-order valence-corrected chi connectivity index (χ3v) is 3.77. The molecule has 2 aliphatic rings. The van der Waals surface area contributed by atoms with Gasteiger partial charge in [0.25, 0.3) is 0 Å². The van der Waals surface area contributed by atoms with Crippen LogP contribution in [0.25, 0.3) is 0 Å². The predicted molar refractivity (Wildman–Crippen MR) is 69.1 cm³/mol. The molecule has 5 heteroatoms. The molecule has 92 valence electrons. The van der Waals surface area contributed by atoms with Crippen LogP contribution >= 0.6 is 11.6 Å². The molecule has 17 heavy (non-hydrogen) atoms. The highest BCUT2D eigenvalue weighted by Gasteiger charge is 2.30. The van der Waals surface area contributed by atoms with Crippen LogP contribution < -0.4 is 10.6 Å². The lowest BCUT2D eigenvalue weighted by Gasteiger charge is -2.24. The molecule has 0 radical (unpaired) electrons. The molecule has 0 spiro atoms. The summed E-state index contributed by atoms with van der Waals surface area (Å²) < 4.78 is 0. The summed E-state index contributed by atoms with van der Waals surface area (Å²) >= 11 is 5.96. The van der Waals surface area contributed by atoms with Crippen LogP contribution in [-0.4, -0.2) is 23.1 Å². The predicted octanol–water partition coefficient (Wildman–Crippen LogP) is 2.34. The normalized spacial score (nSPS) is 19.4. The molecule has 2 aliphatic carbocycles. The number of nitrogens with two attached hydrogens (primary N) is 1. The molecule has 4 nitrogen and oxygen atoms in total. The van der Waals surface area contributed by atoms with Gasteiger partial charge in [0.1, 0.15) is 12.0 Å². The first-order chi connectivity index (χ1) is 8.24. The monoisotopic (exact) mass is 252 g/mol. The average molecular weight is 253 g/mol. The van der Waals surface area contributed by atoms with Crippen LogP contribution in [0.1, 0.15) is 25.7 Å². The fourth-order valence-electron chi connectivity index (χ4n) is 2.09. The van der Waals surface area contributed by atoms with Gasteiger partial charge in [0.2, 0.25) is 0 Å². The Morgan fingerprint density at radius 1 is 1.18 bits per heavy atom. The maximum absolute atomic E-state index is 5.98. The largest absolute Gasteiger partial charge is 0.393 e. The summed E-state index contributed by atoms with van der Waals surface area (Å²) in [5, 5.41) is 0.367. The number of rotatable bonds is 5. The van der Waals surface area contributed by atoms with E-state index >= 15 is 0 Å². The van der Waals surface area contributed by atoms with Gasteiger partial charge in [-0.3, -0.25) is 0 Å². The fourth-order valence-corrected chi connectivity index (χ4v) is 2.22. The number of hydrogen-bond acceptors (Lipinski definition) is 4. The minimum atomic E-state index is 0.367. The van der Waals surface area contributed by atoms with Crippen molar-refractivity contribution in [3.05, 3.63) is 11.5 Å². The molecule has 1 heterocycles. The molecular formula is C12H17ClN4. The van der Waals surface area contributed by atoms with Gasteiger partial charge in [0, 0.05) is 13.1 Å². The van der Waals surface area contributed by atoms with Gasteiger partial charge >= 0.3 is 0 Å². The van der Waals surface area contributed by atoms with Crippen molar-refractivity contribution in [1.82, 2.24) is 9.97 Å². The fraction of sp³-hybridized carbons (Fsp3) is 0.667. The van der Waals surface area contributed by atoms with Crippen LogP contribution in [0.5, 0.6) is 0 Å². The molecule has 3 rings (SSSR count). The molecule has 0 aliphatic heterocycles. The molecule has 2 saturated carbocycles. The number of nitrogens with zero attached hydrogens (tertiary/aromatic N) is 3. The highest BCUT2D eigenvalue weighted by molar-refractivity contribution is 6.32. The second kappa shape index (κ2) is 4.33. The van der Waals surface area contributed by atoms with Crippen molar-refractivity contribution in [1.29, 1.82) is 0 Å². The summed E-state index contributed by atoms with van der Waals surface area (Å²) in [6.45, 7) is 2.13.